The Hall–Kier alpha value is -0.680. The summed E-state index contributed by atoms with van der Waals surface area (Å²) in [7, 11) is -4.38. The van der Waals surface area contributed by atoms with Crippen LogP contribution in [0.5, 0.6) is 0 Å². The highest BCUT2D eigenvalue weighted by Crippen LogP contribution is 2.44. The van der Waals surface area contributed by atoms with E-state index in [2.05, 4.69) is 28.1 Å². The highest BCUT2D eigenvalue weighted by molar-refractivity contribution is 7.48. The summed E-state index contributed by atoms with van der Waals surface area (Å²) in [6.07, 6.45) is 19.0. The van der Waals surface area contributed by atoms with Crippen molar-refractivity contribution in [3.63, 3.8) is 0 Å². The second kappa shape index (κ2) is 17.4. The highest BCUT2D eigenvalue weighted by atomic mass is 31.2. The van der Waals surface area contributed by atoms with E-state index in [-0.39, 0.29) is 6.42 Å². The lowest BCUT2D eigenvalue weighted by Gasteiger charge is -2.13. The molecule has 0 aliphatic carbocycles. The quantitative estimate of drug-likeness (QED) is 0.126. The maximum absolute atomic E-state index is 11.5. The lowest BCUT2D eigenvalue weighted by atomic mass is 10.1. The van der Waals surface area contributed by atoms with E-state index in [4.69, 9.17) is 5.73 Å². The van der Waals surface area contributed by atoms with Crippen LogP contribution in [0.4, 0.5) is 0 Å². The molecule has 2 unspecified atom stereocenters. The minimum absolute atomic E-state index is 0.116. The second-order valence-corrected chi connectivity index (χ2v) is 8.41. The van der Waals surface area contributed by atoms with Gasteiger partial charge in [0.25, 0.3) is 0 Å². The molecule has 0 spiro atoms. The van der Waals surface area contributed by atoms with E-state index in [9.17, 15) is 14.3 Å². The monoisotopic (exact) mass is 405 g/mol. The Morgan fingerprint density at radius 2 is 1.44 bits per heavy atom. The lowest BCUT2D eigenvalue weighted by molar-refractivity contribution is -0.136. The van der Waals surface area contributed by atoms with E-state index >= 15 is 0 Å². The molecule has 0 bridgehead atoms. The third-order valence-electron chi connectivity index (χ3n) is 4.16. The summed E-state index contributed by atoms with van der Waals surface area (Å²) in [4.78, 5) is 20.8. The van der Waals surface area contributed by atoms with Crippen molar-refractivity contribution in [2.24, 2.45) is 5.73 Å². The Balaban J connectivity index is 3.43. The largest absolute Gasteiger partial charge is 0.531 e. The summed E-state index contributed by atoms with van der Waals surface area (Å²) in [5.74, 6) is -0.723. The number of rotatable bonds is 18. The Bertz CT molecular complexity index is 440. The van der Waals surface area contributed by atoms with Gasteiger partial charge in [0.2, 0.25) is 0 Å². The molecule has 3 N–H and O–H groups in total. The summed E-state index contributed by atoms with van der Waals surface area (Å²) in [6.45, 7) is 3.63. The molecule has 7 heteroatoms. The molecule has 0 fully saturated rings. The van der Waals surface area contributed by atoms with Gasteiger partial charge < -0.3 is 10.3 Å². The first-order valence-corrected chi connectivity index (χ1v) is 12.0. The lowest BCUT2D eigenvalue weighted by Crippen LogP contribution is -2.19. The number of nitrogens with two attached hydrogens (primary N) is 1. The van der Waals surface area contributed by atoms with Crippen molar-refractivity contribution < 1.29 is 23.3 Å². The predicted octanol–water partition coefficient (Wildman–Crippen LogP) is 5.99. The first-order valence-electron chi connectivity index (χ1n) is 10.5. The summed E-state index contributed by atoms with van der Waals surface area (Å²) in [5.41, 5.74) is 5.24. The highest BCUT2D eigenvalue weighted by Gasteiger charge is 2.27. The van der Waals surface area contributed by atoms with Gasteiger partial charge in [0.15, 0.2) is 0 Å². The van der Waals surface area contributed by atoms with Crippen molar-refractivity contribution >= 4 is 13.8 Å². The first kappa shape index (κ1) is 26.3. The zero-order chi connectivity index (χ0) is 20.4. The van der Waals surface area contributed by atoms with Gasteiger partial charge in [-0.15, -0.1) is 0 Å². The number of phosphoric acid groups is 1. The molecule has 27 heavy (non-hydrogen) atoms. The number of hydrogen-bond acceptors (Lipinski definition) is 5. The minimum atomic E-state index is -4.38. The molecule has 160 valence electrons. The summed E-state index contributed by atoms with van der Waals surface area (Å²) < 4.78 is 20.3. The van der Waals surface area contributed by atoms with Crippen LogP contribution in [0.3, 0.4) is 0 Å². The van der Waals surface area contributed by atoms with Gasteiger partial charge in [-0.1, -0.05) is 70.4 Å². The fourth-order valence-corrected chi connectivity index (χ4v) is 3.56. The molecular formula is C20H40NO5P. The van der Waals surface area contributed by atoms with Crippen LogP contribution in [-0.2, 0) is 18.4 Å². The Morgan fingerprint density at radius 3 is 1.96 bits per heavy atom. The van der Waals surface area contributed by atoms with Gasteiger partial charge in [-0.05, 0) is 39.0 Å². The molecule has 2 atom stereocenters. The van der Waals surface area contributed by atoms with Crippen LogP contribution < -0.4 is 5.73 Å². The number of hydrogen-bond donors (Lipinski definition) is 2. The molecule has 0 aromatic heterocycles. The minimum Gasteiger partial charge on any atom is -0.371 e. The van der Waals surface area contributed by atoms with Crippen LogP contribution in [0, 0.1) is 0 Å². The van der Waals surface area contributed by atoms with Crippen LogP contribution in [0.25, 0.3) is 0 Å². The smallest absolute Gasteiger partial charge is 0.371 e. The van der Waals surface area contributed by atoms with E-state index in [1.165, 1.54) is 51.9 Å². The molecule has 0 saturated carbocycles. The van der Waals surface area contributed by atoms with Crippen LogP contribution in [0.15, 0.2) is 12.2 Å². The third kappa shape index (κ3) is 19.9. The van der Waals surface area contributed by atoms with Gasteiger partial charge in [-0.3, -0.25) is 14.2 Å². The van der Waals surface area contributed by atoms with Crippen molar-refractivity contribution in [3.8, 4) is 0 Å². The molecule has 0 radical (unpaired) electrons. The van der Waals surface area contributed by atoms with Crippen LogP contribution >= 0.6 is 7.82 Å². The average molecular weight is 406 g/mol. The first-order chi connectivity index (χ1) is 12.9. The zero-order valence-corrected chi connectivity index (χ0v) is 18.1. The number of allylic oxidation sites excluding steroid dienone is 2. The Morgan fingerprint density at radius 1 is 0.963 bits per heavy atom. The maximum Gasteiger partial charge on any atom is 0.531 e. The fraction of sp³-hybridized carbons (Fsp3) is 0.850. The fourth-order valence-electron chi connectivity index (χ4n) is 2.75. The Labute approximate surface area is 165 Å². The molecule has 0 rings (SSSR count). The van der Waals surface area contributed by atoms with E-state index in [1.807, 2.05) is 0 Å². The number of carbonyl (C=O) groups excluding carboxylic acids is 1. The zero-order valence-electron chi connectivity index (χ0n) is 17.2. The van der Waals surface area contributed by atoms with Crippen molar-refractivity contribution in [2.45, 2.75) is 110 Å². The number of phosphoric ester groups is 1. The van der Waals surface area contributed by atoms with Crippen molar-refractivity contribution in [1.29, 1.82) is 0 Å². The van der Waals surface area contributed by atoms with Crippen LogP contribution in [0.1, 0.15) is 104 Å². The van der Waals surface area contributed by atoms with Crippen molar-refractivity contribution in [1.82, 2.24) is 0 Å². The standard InChI is InChI=1S/C20H40NO5P/c1-3-4-5-6-7-8-9-10-11-12-13-14-15-16-17-18-20(22)26-27(23,24)25-19(2)21/h10-11,19H,3-9,12-18,21H2,1-2H3,(H,23,24)/b11-10-. The SMILES string of the molecule is CCCCCCCC/C=C\CCCCCCCC(=O)OP(=O)(O)OC(C)N. The third-order valence-corrected chi connectivity index (χ3v) is 5.19. The topological polar surface area (TPSA) is 98.9 Å². The van der Waals surface area contributed by atoms with E-state index in [0.29, 0.717) is 6.42 Å². The van der Waals surface area contributed by atoms with Crippen molar-refractivity contribution in [3.05, 3.63) is 12.2 Å². The van der Waals surface area contributed by atoms with Gasteiger partial charge in [-0.2, -0.15) is 0 Å². The maximum atomic E-state index is 11.5. The summed E-state index contributed by atoms with van der Waals surface area (Å²) in [5, 5.41) is 0. The van der Waals surface area contributed by atoms with Gasteiger partial charge >= 0.3 is 13.8 Å². The Kier molecular flexibility index (Phi) is 17.0. The van der Waals surface area contributed by atoms with Gasteiger partial charge in [0, 0.05) is 6.42 Å². The molecule has 0 amide bonds. The van der Waals surface area contributed by atoms with Gasteiger partial charge in [0.05, 0.1) is 0 Å². The van der Waals surface area contributed by atoms with Crippen LogP contribution in [0.2, 0.25) is 0 Å². The summed E-state index contributed by atoms with van der Waals surface area (Å²) in [6, 6.07) is 0. The molecule has 0 aliphatic rings. The molecule has 0 saturated heterocycles. The molecule has 0 heterocycles. The van der Waals surface area contributed by atoms with E-state index in [0.717, 1.165) is 32.1 Å². The molecule has 0 aliphatic heterocycles. The van der Waals surface area contributed by atoms with E-state index < -0.39 is 20.0 Å². The average Bonchev–Trinajstić information content (AvgIpc) is 2.56. The number of carbonyl (C=O) groups is 1. The van der Waals surface area contributed by atoms with Crippen LogP contribution in [-0.4, -0.2) is 17.1 Å². The molecule has 6 nitrogen and oxygen atoms in total. The molecular weight excluding hydrogens is 365 g/mol. The number of unbranched alkanes of at least 4 members (excludes halogenated alkanes) is 11. The van der Waals surface area contributed by atoms with Crippen molar-refractivity contribution in [2.75, 3.05) is 0 Å². The second-order valence-electron chi connectivity index (χ2n) is 7.08. The predicted molar refractivity (Wildman–Crippen MR) is 110 cm³/mol. The van der Waals surface area contributed by atoms with Gasteiger partial charge in [-0.25, -0.2) is 4.57 Å². The normalized spacial score (nSPS) is 15.0. The molecule has 0 aromatic rings. The summed E-state index contributed by atoms with van der Waals surface area (Å²) >= 11 is 0. The van der Waals surface area contributed by atoms with Gasteiger partial charge in [0.1, 0.15) is 6.23 Å². The molecule has 0 aromatic carbocycles. The van der Waals surface area contributed by atoms with E-state index in [1.54, 1.807) is 0 Å².